The molecular formula is C19H34N2O4. The number of nitrogens with zero attached hydrogens (tertiary/aromatic N) is 1. The quantitative estimate of drug-likeness (QED) is 0.786. The van der Waals surface area contributed by atoms with Gasteiger partial charge in [0.2, 0.25) is 0 Å². The van der Waals surface area contributed by atoms with Crippen molar-refractivity contribution in [2.24, 2.45) is 5.92 Å². The van der Waals surface area contributed by atoms with Crippen LogP contribution in [0.2, 0.25) is 0 Å². The molecule has 0 saturated carbocycles. The molecule has 0 radical (unpaired) electrons. The number of fused-ring (bicyclic) bond motifs is 2. The number of hydrogen-bond acceptors (Lipinski definition) is 5. The van der Waals surface area contributed by atoms with Gasteiger partial charge in [0.15, 0.2) is 0 Å². The molecule has 2 aliphatic heterocycles. The SMILES string of the molecule is CC(C)N1C2CC(OC(=O)[C@H](C)NC(=O)OC(C)(C)C)CC1[C@H](C)C2. The molecule has 6 heteroatoms. The number of rotatable bonds is 4. The Morgan fingerprint density at radius 1 is 1.12 bits per heavy atom. The first-order valence-corrected chi connectivity index (χ1v) is 9.45. The van der Waals surface area contributed by atoms with Crippen molar-refractivity contribution in [1.29, 1.82) is 0 Å². The van der Waals surface area contributed by atoms with Crippen molar-refractivity contribution >= 4 is 12.1 Å². The molecule has 144 valence electrons. The summed E-state index contributed by atoms with van der Waals surface area (Å²) < 4.78 is 10.9. The summed E-state index contributed by atoms with van der Waals surface area (Å²) in [7, 11) is 0. The monoisotopic (exact) mass is 354 g/mol. The van der Waals surface area contributed by atoms with Gasteiger partial charge in [-0.2, -0.15) is 0 Å². The molecule has 0 aromatic carbocycles. The molecule has 0 aromatic heterocycles. The second kappa shape index (κ2) is 7.52. The zero-order valence-electron chi connectivity index (χ0n) is 16.7. The Morgan fingerprint density at radius 2 is 1.76 bits per heavy atom. The Bertz CT molecular complexity index is 500. The number of piperidine rings is 1. The fraction of sp³-hybridized carbons (Fsp3) is 0.895. The van der Waals surface area contributed by atoms with E-state index in [1.807, 2.05) is 0 Å². The summed E-state index contributed by atoms with van der Waals surface area (Å²) in [6.45, 7) is 13.7. The molecule has 0 aliphatic carbocycles. The zero-order chi connectivity index (χ0) is 18.9. The van der Waals surface area contributed by atoms with Gasteiger partial charge in [-0.25, -0.2) is 9.59 Å². The van der Waals surface area contributed by atoms with E-state index in [4.69, 9.17) is 9.47 Å². The van der Waals surface area contributed by atoms with E-state index in [0.717, 1.165) is 12.8 Å². The van der Waals surface area contributed by atoms with Crippen LogP contribution >= 0.6 is 0 Å². The molecule has 2 bridgehead atoms. The third-order valence-corrected chi connectivity index (χ3v) is 5.11. The fourth-order valence-electron chi connectivity index (χ4n) is 4.22. The highest BCUT2D eigenvalue weighted by atomic mass is 16.6. The molecule has 2 rings (SSSR count). The van der Waals surface area contributed by atoms with Crippen molar-refractivity contribution in [1.82, 2.24) is 10.2 Å². The highest BCUT2D eigenvalue weighted by Gasteiger charge is 2.47. The van der Waals surface area contributed by atoms with Crippen LogP contribution in [0.25, 0.3) is 0 Å². The lowest BCUT2D eigenvalue weighted by Crippen LogP contribution is -2.51. The van der Waals surface area contributed by atoms with E-state index >= 15 is 0 Å². The minimum Gasteiger partial charge on any atom is -0.461 e. The molecule has 1 N–H and O–H groups in total. The van der Waals surface area contributed by atoms with Crippen LogP contribution in [-0.4, -0.2) is 52.8 Å². The first-order chi connectivity index (χ1) is 11.5. The zero-order valence-corrected chi connectivity index (χ0v) is 16.7. The summed E-state index contributed by atoms with van der Waals surface area (Å²) >= 11 is 0. The van der Waals surface area contributed by atoms with Gasteiger partial charge < -0.3 is 14.8 Å². The van der Waals surface area contributed by atoms with E-state index in [0.29, 0.717) is 24.0 Å². The highest BCUT2D eigenvalue weighted by Crippen LogP contribution is 2.41. The second-order valence-corrected chi connectivity index (χ2v) is 8.87. The number of amides is 1. The Hall–Kier alpha value is -1.30. The number of esters is 1. The van der Waals surface area contributed by atoms with E-state index in [1.54, 1.807) is 27.7 Å². The Morgan fingerprint density at radius 3 is 2.28 bits per heavy atom. The summed E-state index contributed by atoms with van der Waals surface area (Å²) in [4.78, 5) is 26.7. The predicted octanol–water partition coefficient (Wildman–Crippen LogP) is 3.09. The number of carbonyl (C=O) groups is 2. The van der Waals surface area contributed by atoms with Crippen molar-refractivity contribution in [2.45, 2.75) is 104 Å². The van der Waals surface area contributed by atoms with Crippen LogP contribution in [0.5, 0.6) is 0 Å². The molecule has 2 fully saturated rings. The fourth-order valence-corrected chi connectivity index (χ4v) is 4.22. The van der Waals surface area contributed by atoms with E-state index in [1.165, 1.54) is 6.42 Å². The average Bonchev–Trinajstić information content (AvgIpc) is 2.64. The average molecular weight is 354 g/mol. The minimum atomic E-state index is -0.715. The van der Waals surface area contributed by atoms with Crippen molar-refractivity contribution in [3.05, 3.63) is 0 Å². The van der Waals surface area contributed by atoms with Crippen LogP contribution in [0, 0.1) is 5.92 Å². The Labute approximate surface area is 151 Å². The van der Waals surface area contributed by atoms with Gasteiger partial charge in [0.05, 0.1) is 0 Å². The van der Waals surface area contributed by atoms with Crippen LogP contribution < -0.4 is 5.32 Å². The van der Waals surface area contributed by atoms with Crippen LogP contribution in [0.3, 0.4) is 0 Å². The Kier molecular flexibility index (Phi) is 6.02. The molecular weight excluding hydrogens is 320 g/mol. The summed E-state index contributed by atoms with van der Waals surface area (Å²) in [5, 5.41) is 2.55. The normalized spacial score (nSPS) is 30.9. The maximum atomic E-state index is 12.3. The van der Waals surface area contributed by atoms with Crippen LogP contribution in [0.4, 0.5) is 4.79 Å². The van der Waals surface area contributed by atoms with E-state index < -0.39 is 17.7 Å². The number of alkyl carbamates (subject to hydrolysis) is 1. The van der Waals surface area contributed by atoms with Gasteiger partial charge in [-0.05, 0) is 53.9 Å². The van der Waals surface area contributed by atoms with Gasteiger partial charge >= 0.3 is 12.1 Å². The van der Waals surface area contributed by atoms with E-state index in [9.17, 15) is 9.59 Å². The number of ether oxygens (including phenoxy) is 2. The van der Waals surface area contributed by atoms with Crippen LogP contribution in [0.1, 0.15) is 67.7 Å². The molecule has 3 unspecified atom stereocenters. The molecule has 25 heavy (non-hydrogen) atoms. The van der Waals surface area contributed by atoms with E-state index in [-0.39, 0.29) is 12.1 Å². The third kappa shape index (κ3) is 5.09. The standard InChI is InChI=1S/C19H34N2O4/c1-11(2)21-14-8-12(3)16(21)10-15(9-14)24-17(22)13(4)20-18(23)25-19(5,6)7/h11-16H,8-10H2,1-7H3,(H,20,23)/t12-,13+,14?,15?,16?/m1/s1. The van der Waals surface area contributed by atoms with Crippen LogP contribution in [-0.2, 0) is 14.3 Å². The molecule has 0 aromatic rings. The first-order valence-electron chi connectivity index (χ1n) is 9.45. The number of hydrogen-bond donors (Lipinski definition) is 1. The maximum absolute atomic E-state index is 12.3. The number of nitrogens with one attached hydrogen (secondary N) is 1. The minimum absolute atomic E-state index is 0.0645. The van der Waals surface area contributed by atoms with Crippen molar-refractivity contribution in [3.8, 4) is 0 Å². The molecule has 0 spiro atoms. The van der Waals surface area contributed by atoms with Gasteiger partial charge in [0.25, 0.3) is 0 Å². The lowest BCUT2D eigenvalue weighted by molar-refractivity contribution is -0.155. The molecule has 5 atom stereocenters. The number of carbonyl (C=O) groups excluding carboxylic acids is 2. The van der Waals surface area contributed by atoms with Gasteiger partial charge in [0, 0.05) is 31.0 Å². The molecule has 2 saturated heterocycles. The lowest BCUT2D eigenvalue weighted by Gasteiger charge is -2.41. The van der Waals surface area contributed by atoms with Gasteiger partial charge in [0.1, 0.15) is 17.7 Å². The van der Waals surface area contributed by atoms with Gasteiger partial charge in [-0.15, -0.1) is 0 Å². The topological polar surface area (TPSA) is 67.9 Å². The van der Waals surface area contributed by atoms with E-state index in [2.05, 4.69) is 31.0 Å². The largest absolute Gasteiger partial charge is 0.461 e. The first kappa shape index (κ1) is 20.0. The predicted molar refractivity (Wildman–Crippen MR) is 96.3 cm³/mol. The third-order valence-electron chi connectivity index (χ3n) is 5.11. The van der Waals surface area contributed by atoms with Gasteiger partial charge in [-0.3, -0.25) is 4.90 Å². The molecule has 1 amide bonds. The summed E-state index contributed by atoms with van der Waals surface area (Å²) in [5.74, 6) is 0.245. The van der Waals surface area contributed by atoms with Crippen LogP contribution in [0.15, 0.2) is 0 Å². The Balaban J connectivity index is 1.86. The highest BCUT2D eigenvalue weighted by molar-refractivity contribution is 5.81. The molecule has 2 aliphatic rings. The smallest absolute Gasteiger partial charge is 0.408 e. The van der Waals surface area contributed by atoms with Crippen molar-refractivity contribution in [2.75, 3.05) is 0 Å². The van der Waals surface area contributed by atoms with Gasteiger partial charge in [-0.1, -0.05) is 6.92 Å². The summed E-state index contributed by atoms with van der Waals surface area (Å²) in [6.07, 6.45) is 2.26. The molecule has 6 nitrogen and oxygen atoms in total. The summed E-state index contributed by atoms with van der Waals surface area (Å²) in [5.41, 5.74) is -0.591. The molecule has 2 heterocycles. The van der Waals surface area contributed by atoms with Crippen molar-refractivity contribution in [3.63, 3.8) is 0 Å². The second-order valence-electron chi connectivity index (χ2n) is 8.87. The maximum Gasteiger partial charge on any atom is 0.408 e. The summed E-state index contributed by atoms with van der Waals surface area (Å²) in [6, 6.07) is 0.767. The van der Waals surface area contributed by atoms with Crippen molar-refractivity contribution < 1.29 is 19.1 Å². The lowest BCUT2D eigenvalue weighted by atomic mass is 9.96.